The van der Waals surface area contributed by atoms with Crippen LogP contribution in [0.1, 0.15) is 17.4 Å². The van der Waals surface area contributed by atoms with Gasteiger partial charge in [0.15, 0.2) is 6.61 Å². The van der Waals surface area contributed by atoms with Gasteiger partial charge in [-0.25, -0.2) is 13.8 Å². The Morgan fingerprint density at radius 2 is 1.96 bits per heavy atom. The van der Waals surface area contributed by atoms with Crippen molar-refractivity contribution in [2.45, 2.75) is 6.04 Å². The molecule has 0 bridgehead atoms. The van der Waals surface area contributed by atoms with Crippen molar-refractivity contribution in [2.24, 2.45) is 7.05 Å². The zero-order valence-corrected chi connectivity index (χ0v) is 14.0. The molecule has 0 aliphatic carbocycles. The number of hydrogen-bond acceptors (Lipinski definition) is 3. The van der Waals surface area contributed by atoms with Gasteiger partial charge in [-0.2, -0.15) is 0 Å². The highest BCUT2D eigenvalue weighted by Crippen LogP contribution is 2.21. The van der Waals surface area contributed by atoms with Crippen LogP contribution in [0.25, 0.3) is 0 Å². The lowest BCUT2D eigenvalue weighted by Crippen LogP contribution is -2.34. The Kier molecular flexibility index (Phi) is 5.26. The van der Waals surface area contributed by atoms with Gasteiger partial charge >= 0.3 is 0 Å². The molecule has 1 atom stereocenters. The first-order chi connectivity index (χ1) is 12.5. The quantitative estimate of drug-likeness (QED) is 0.738. The van der Waals surface area contributed by atoms with Gasteiger partial charge in [0.05, 0.1) is 0 Å². The highest BCUT2D eigenvalue weighted by atomic mass is 19.1. The molecule has 1 aromatic heterocycles. The number of nitrogens with one attached hydrogen (secondary N) is 1. The van der Waals surface area contributed by atoms with Crippen LogP contribution in [0.15, 0.2) is 60.9 Å². The van der Waals surface area contributed by atoms with E-state index in [0.717, 1.165) is 0 Å². The number of halogens is 2. The lowest BCUT2D eigenvalue weighted by molar-refractivity contribution is -0.123. The summed E-state index contributed by atoms with van der Waals surface area (Å²) in [6.45, 7) is -0.286. The summed E-state index contributed by atoms with van der Waals surface area (Å²) in [7, 11) is 1.80. The van der Waals surface area contributed by atoms with E-state index in [1.165, 1.54) is 30.3 Å². The van der Waals surface area contributed by atoms with E-state index < -0.39 is 17.8 Å². The Morgan fingerprint density at radius 3 is 2.62 bits per heavy atom. The zero-order chi connectivity index (χ0) is 18.5. The monoisotopic (exact) mass is 357 g/mol. The van der Waals surface area contributed by atoms with Crippen LogP contribution in [0.4, 0.5) is 8.78 Å². The largest absolute Gasteiger partial charge is 0.484 e. The van der Waals surface area contributed by atoms with Gasteiger partial charge in [0.25, 0.3) is 5.91 Å². The number of hydrogen-bond donors (Lipinski definition) is 1. The summed E-state index contributed by atoms with van der Waals surface area (Å²) in [6.07, 6.45) is 3.36. The van der Waals surface area contributed by atoms with Crippen molar-refractivity contribution in [1.29, 1.82) is 0 Å². The standard InChI is InChI=1S/C19H17F2N3O2/c1-24-10-9-22-19(24)18(13-5-7-14(20)8-6-13)23-17(25)12-26-16-4-2-3-15(21)11-16/h2-11,18H,12H2,1H3,(H,23,25)/t18-/m1/s1. The molecular weight excluding hydrogens is 340 g/mol. The Hall–Kier alpha value is -3.22. The molecule has 0 saturated carbocycles. The molecule has 0 radical (unpaired) electrons. The number of benzene rings is 2. The maximum atomic E-state index is 13.2. The van der Waals surface area contributed by atoms with Gasteiger partial charge in [0.1, 0.15) is 29.3 Å². The molecule has 0 aliphatic rings. The first-order valence-electron chi connectivity index (χ1n) is 7.93. The highest BCUT2D eigenvalue weighted by Gasteiger charge is 2.21. The van der Waals surface area contributed by atoms with Gasteiger partial charge in [-0.05, 0) is 29.8 Å². The summed E-state index contributed by atoms with van der Waals surface area (Å²) in [6, 6.07) is 10.8. The minimum absolute atomic E-state index is 0.260. The van der Waals surface area contributed by atoms with Crippen molar-refractivity contribution in [3.63, 3.8) is 0 Å². The Balaban J connectivity index is 1.74. The molecule has 0 aliphatic heterocycles. The van der Waals surface area contributed by atoms with Crippen LogP contribution in [0.5, 0.6) is 5.75 Å². The number of ether oxygens (including phenoxy) is 1. The third-order valence-corrected chi connectivity index (χ3v) is 3.79. The maximum absolute atomic E-state index is 13.2. The average Bonchev–Trinajstić information content (AvgIpc) is 3.05. The van der Waals surface area contributed by atoms with Gasteiger partial charge in [-0.3, -0.25) is 4.79 Å². The zero-order valence-electron chi connectivity index (χ0n) is 14.0. The van der Waals surface area contributed by atoms with Crippen LogP contribution >= 0.6 is 0 Å². The van der Waals surface area contributed by atoms with E-state index in [0.29, 0.717) is 11.4 Å². The van der Waals surface area contributed by atoms with E-state index in [1.807, 2.05) is 0 Å². The second kappa shape index (κ2) is 7.77. The highest BCUT2D eigenvalue weighted by molar-refractivity contribution is 5.78. The number of aryl methyl sites for hydroxylation is 1. The van der Waals surface area contributed by atoms with E-state index in [2.05, 4.69) is 10.3 Å². The van der Waals surface area contributed by atoms with Crippen molar-refractivity contribution in [1.82, 2.24) is 14.9 Å². The first kappa shape index (κ1) is 17.6. The second-order valence-corrected chi connectivity index (χ2v) is 5.69. The first-order valence-corrected chi connectivity index (χ1v) is 7.93. The molecule has 0 fully saturated rings. The molecule has 0 saturated heterocycles. The van der Waals surface area contributed by atoms with Crippen LogP contribution < -0.4 is 10.1 Å². The molecule has 7 heteroatoms. The predicted molar refractivity (Wildman–Crippen MR) is 91.5 cm³/mol. The number of rotatable bonds is 6. The van der Waals surface area contributed by atoms with Crippen LogP contribution in [-0.4, -0.2) is 22.1 Å². The minimum atomic E-state index is -0.570. The summed E-state index contributed by atoms with van der Waals surface area (Å²) in [5.41, 5.74) is 0.680. The van der Waals surface area contributed by atoms with E-state index in [9.17, 15) is 13.6 Å². The number of amides is 1. The number of nitrogens with zero attached hydrogens (tertiary/aromatic N) is 2. The molecule has 2 aromatic carbocycles. The predicted octanol–water partition coefficient (Wildman–Crippen LogP) is 2.98. The fraction of sp³-hybridized carbons (Fsp3) is 0.158. The van der Waals surface area contributed by atoms with Crippen LogP contribution in [-0.2, 0) is 11.8 Å². The lowest BCUT2D eigenvalue weighted by Gasteiger charge is -2.19. The molecule has 3 aromatic rings. The summed E-state index contributed by atoms with van der Waals surface area (Å²) >= 11 is 0. The fourth-order valence-corrected chi connectivity index (χ4v) is 2.52. The van der Waals surface area contributed by atoms with E-state index >= 15 is 0 Å². The number of imidazole rings is 1. The van der Waals surface area contributed by atoms with Crippen LogP contribution in [0, 0.1) is 11.6 Å². The van der Waals surface area contributed by atoms with Crippen molar-refractivity contribution in [3.8, 4) is 5.75 Å². The van der Waals surface area contributed by atoms with Gasteiger partial charge in [-0.15, -0.1) is 0 Å². The van der Waals surface area contributed by atoms with E-state index in [1.54, 1.807) is 42.2 Å². The van der Waals surface area contributed by atoms with E-state index in [4.69, 9.17) is 4.74 Å². The molecule has 5 nitrogen and oxygen atoms in total. The molecule has 0 unspecified atom stereocenters. The summed E-state index contributed by atoms with van der Waals surface area (Å²) in [5.74, 6) is -0.369. The van der Waals surface area contributed by atoms with Crippen molar-refractivity contribution >= 4 is 5.91 Å². The molecule has 1 heterocycles. The third-order valence-electron chi connectivity index (χ3n) is 3.79. The Labute approximate surface area is 149 Å². The molecule has 134 valence electrons. The topological polar surface area (TPSA) is 56.2 Å². The molecule has 0 spiro atoms. The molecule has 1 amide bonds. The Bertz CT molecular complexity index is 894. The van der Waals surface area contributed by atoms with Gasteiger partial charge in [0, 0.05) is 25.5 Å². The number of aromatic nitrogens is 2. The minimum Gasteiger partial charge on any atom is -0.484 e. The smallest absolute Gasteiger partial charge is 0.258 e. The normalized spacial score (nSPS) is 11.8. The van der Waals surface area contributed by atoms with Crippen molar-refractivity contribution < 1.29 is 18.3 Å². The second-order valence-electron chi connectivity index (χ2n) is 5.69. The lowest BCUT2D eigenvalue weighted by atomic mass is 10.1. The molecule has 1 N–H and O–H groups in total. The van der Waals surface area contributed by atoms with Crippen molar-refractivity contribution in [3.05, 3.63) is 83.9 Å². The summed E-state index contributed by atoms with van der Waals surface area (Å²) in [5, 5.41) is 2.82. The fourth-order valence-electron chi connectivity index (χ4n) is 2.52. The van der Waals surface area contributed by atoms with Gasteiger partial charge in [-0.1, -0.05) is 18.2 Å². The molecule has 3 rings (SSSR count). The number of carbonyl (C=O) groups excluding carboxylic acids is 1. The van der Waals surface area contributed by atoms with Crippen molar-refractivity contribution in [2.75, 3.05) is 6.61 Å². The van der Waals surface area contributed by atoms with E-state index in [-0.39, 0.29) is 18.2 Å². The number of carbonyl (C=O) groups is 1. The van der Waals surface area contributed by atoms with Crippen LogP contribution in [0.2, 0.25) is 0 Å². The van der Waals surface area contributed by atoms with Crippen LogP contribution in [0.3, 0.4) is 0 Å². The summed E-state index contributed by atoms with van der Waals surface area (Å²) in [4.78, 5) is 16.6. The van der Waals surface area contributed by atoms with Gasteiger partial charge in [0.2, 0.25) is 0 Å². The molecular formula is C19H17F2N3O2. The average molecular weight is 357 g/mol. The maximum Gasteiger partial charge on any atom is 0.258 e. The third kappa shape index (κ3) is 4.24. The van der Waals surface area contributed by atoms with Gasteiger partial charge < -0.3 is 14.6 Å². The molecule has 26 heavy (non-hydrogen) atoms. The Morgan fingerprint density at radius 1 is 1.19 bits per heavy atom. The SMILES string of the molecule is Cn1ccnc1[C@H](NC(=O)COc1cccc(F)c1)c1ccc(F)cc1. The summed E-state index contributed by atoms with van der Waals surface area (Å²) < 4.78 is 33.5.